The Morgan fingerprint density at radius 1 is 0.550 bits per heavy atom. The predicted octanol–water partition coefficient (Wildman–Crippen LogP) is 6.10. The van der Waals surface area contributed by atoms with Crippen molar-refractivity contribution < 1.29 is 75.4 Å². The number of benzene rings is 3. The summed E-state index contributed by atoms with van der Waals surface area (Å²) in [6.07, 6.45) is -11.4. The lowest BCUT2D eigenvalue weighted by molar-refractivity contribution is -0.162. The molecule has 0 saturated carbocycles. The van der Waals surface area contributed by atoms with Crippen LogP contribution in [0.15, 0.2) is 48.5 Å². The van der Waals surface area contributed by atoms with Gasteiger partial charge in [0.05, 0.1) is 16.7 Å². The van der Waals surface area contributed by atoms with Crippen LogP contribution < -0.4 is 9.47 Å². The predicted molar refractivity (Wildman–Crippen MR) is 117 cm³/mol. The third-order valence-electron chi connectivity index (χ3n) is 5.06. The summed E-state index contributed by atoms with van der Waals surface area (Å²) < 4.78 is 93.1. The van der Waals surface area contributed by atoms with Crippen molar-refractivity contribution in [2.45, 2.75) is 12.4 Å². The lowest BCUT2D eigenvalue weighted by Gasteiger charge is -2.22. The topological polar surface area (TPSA) is 168 Å². The molecular formula is C24H12F6O10. The number of halogens is 6. The van der Waals surface area contributed by atoms with Gasteiger partial charge >= 0.3 is 36.2 Å². The number of hydrogen-bond donors (Lipinski definition) is 4. The van der Waals surface area contributed by atoms with E-state index in [-0.39, 0.29) is 6.07 Å². The maximum Gasteiger partial charge on any atom is 0.420 e. The summed E-state index contributed by atoms with van der Waals surface area (Å²) in [6.45, 7) is 0. The van der Waals surface area contributed by atoms with Crippen LogP contribution in [-0.2, 0) is 12.4 Å². The normalized spacial score (nSPS) is 11.6. The summed E-state index contributed by atoms with van der Waals surface area (Å²) in [6, 6.07) is 4.16. The van der Waals surface area contributed by atoms with Crippen LogP contribution in [0.3, 0.4) is 0 Å². The van der Waals surface area contributed by atoms with Crippen molar-refractivity contribution in [3.05, 3.63) is 81.9 Å². The standard InChI is InChI=1S/C24H12F6O10/c25-23(26,27)13-3-6-16(39-14-4-1-9(19(31)32)7-11(14)21(35)36)18(17(13)24(28,29)30)40-15-5-2-10(20(33)34)8-12(15)22(37)38/h1-8H,(H,31,32)(H,33,34)(H,35,36)(H,37,38). The zero-order valence-electron chi connectivity index (χ0n) is 19.1. The first-order chi connectivity index (χ1) is 18.4. The Kier molecular flexibility index (Phi) is 7.66. The lowest BCUT2D eigenvalue weighted by atomic mass is 10.0. The highest BCUT2D eigenvalue weighted by Gasteiger charge is 2.47. The van der Waals surface area contributed by atoms with Crippen LogP contribution in [-0.4, -0.2) is 44.3 Å². The second-order valence-corrected chi connectivity index (χ2v) is 7.66. The van der Waals surface area contributed by atoms with E-state index in [1.807, 2.05) is 0 Å². The second-order valence-electron chi connectivity index (χ2n) is 7.66. The van der Waals surface area contributed by atoms with Crippen LogP contribution >= 0.6 is 0 Å². The molecule has 16 heteroatoms. The van der Waals surface area contributed by atoms with E-state index in [0.29, 0.717) is 36.4 Å². The van der Waals surface area contributed by atoms with Crippen LogP contribution in [0.1, 0.15) is 52.6 Å². The minimum Gasteiger partial charge on any atom is -0.478 e. The molecule has 4 N–H and O–H groups in total. The molecule has 0 aliphatic rings. The number of ether oxygens (including phenoxy) is 2. The van der Waals surface area contributed by atoms with Gasteiger partial charge < -0.3 is 29.9 Å². The first kappa shape index (κ1) is 29.3. The Morgan fingerprint density at radius 3 is 1.35 bits per heavy atom. The highest BCUT2D eigenvalue weighted by molar-refractivity contribution is 5.97. The molecule has 3 aromatic rings. The second kappa shape index (κ2) is 10.5. The van der Waals surface area contributed by atoms with Crippen molar-refractivity contribution in [1.29, 1.82) is 0 Å². The Balaban J connectivity index is 2.34. The maximum atomic E-state index is 14.1. The molecular weight excluding hydrogens is 562 g/mol. The van der Waals surface area contributed by atoms with Gasteiger partial charge in [-0.15, -0.1) is 0 Å². The van der Waals surface area contributed by atoms with Crippen molar-refractivity contribution in [3.63, 3.8) is 0 Å². The number of carboxylic acid groups (broad SMARTS) is 4. The van der Waals surface area contributed by atoms with Crippen LogP contribution in [0.2, 0.25) is 0 Å². The van der Waals surface area contributed by atoms with E-state index in [4.69, 9.17) is 19.7 Å². The SMILES string of the molecule is O=C(O)c1ccc(Oc2ccc(C(F)(F)F)c(C(F)(F)F)c2Oc2ccc(C(=O)O)cc2C(=O)O)c(C(=O)O)c1. The average molecular weight is 574 g/mol. The Bertz CT molecular complexity index is 1540. The van der Waals surface area contributed by atoms with Crippen LogP contribution in [0.5, 0.6) is 23.0 Å². The Hall–Kier alpha value is -5.28. The molecule has 0 saturated heterocycles. The lowest BCUT2D eigenvalue weighted by Crippen LogP contribution is -2.18. The fourth-order valence-corrected chi connectivity index (χ4v) is 3.33. The zero-order valence-corrected chi connectivity index (χ0v) is 19.1. The van der Waals surface area contributed by atoms with Gasteiger partial charge in [0.25, 0.3) is 0 Å². The fraction of sp³-hybridized carbons (Fsp3) is 0.0833. The van der Waals surface area contributed by atoms with Gasteiger partial charge in [-0.05, 0) is 48.5 Å². The Labute approximate surface area is 217 Å². The molecule has 0 heterocycles. The number of alkyl halides is 6. The molecule has 3 rings (SSSR count). The Morgan fingerprint density at radius 2 is 0.975 bits per heavy atom. The molecule has 3 aromatic carbocycles. The maximum absolute atomic E-state index is 14.1. The molecule has 0 amide bonds. The van der Waals surface area contributed by atoms with Gasteiger partial charge in [0.2, 0.25) is 0 Å². The molecule has 0 aliphatic carbocycles. The van der Waals surface area contributed by atoms with Crippen LogP contribution in [0, 0.1) is 0 Å². The van der Waals surface area contributed by atoms with Gasteiger partial charge in [0.1, 0.15) is 28.2 Å². The van der Waals surface area contributed by atoms with E-state index in [0.717, 1.165) is 6.07 Å². The first-order valence-corrected chi connectivity index (χ1v) is 10.3. The summed E-state index contributed by atoms with van der Waals surface area (Å²) >= 11 is 0. The third-order valence-corrected chi connectivity index (χ3v) is 5.06. The summed E-state index contributed by atoms with van der Waals surface area (Å²) in [4.78, 5) is 45.6. The summed E-state index contributed by atoms with van der Waals surface area (Å²) in [5.41, 5.74) is -7.93. The van der Waals surface area contributed by atoms with Crippen LogP contribution in [0.4, 0.5) is 26.3 Å². The van der Waals surface area contributed by atoms with Crippen molar-refractivity contribution in [2.75, 3.05) is 0 Å². The fourth-order valence-electron chi connectivity index (χ4n) is 3.33. The average Bonchev–Trinajstić information content (AvgIpc) is 2.83. The van der Waals surface area contributed by atoms with Crippen LogP contribution in [0.25, 0.3) is 0 Å². The number of rotatable bonds is 8. The summed E-state index contributed by atoms with van der Waals surface area (Å²) in [5, 5.41) is 37.0. The van der Waals surface area contributed by atoms with Gasteiger partial charge in [-0.3, -0.25) is 0 Å². The number of aromatic carboxylic acids is 4. The number of carboxylic acids is 4. The zero-order chi connectivity index (χ0) is 30.2. The van der Waals surface area contributed by atoms with E-state index in [9.17, 15) is 55.7 Å². The van der Waals surface area contributed by atoms with Gasteiger partial charge in [0, 0.05) is 0 Å². The van der Waals surface area contributed by atoms with Crippen molar-refractivity contribution in [1.82, 2.24) is 0 Å². The number of hydrogen-bond acceptors (Lipinski definition) is 6. The van der Waals surface area contributed by atoms with Gasteiger partial charge in [-0.2, -0.15) is 26.3 Å². The quantitative estimate of drug-likeness (QED) is 0.231. The molecule has 0 aromatic heterocycles. The molecule has 210 valence electrons. The minimum absolute atomic E-state index is 0.0390. The highest BCUT2D eigenvalue weighted by atomic mass is 19.4. The largest absolute Gasteiger partial charge is 0.478 e. The van der Waals surface area contributed by atoms with Gasteiger partial charge in [0.15, 0.2) is 11.5 Å². The molecule has 0 spiro atoms. The summed E-state index contributed by atoms with van der Waals surface area (Å²) in [5.74, 6) is -11.7. The minimum atomic E-state index is -5.81. The van der Waals surface area contributed by atoms with Gasteiger partial charge in [-0.25, -0.2) is 19.2 Å². The molecule has 0 aliphatic heterocycles. The van der Waals surface area contributed by atoms with E-state index >= 15 is 0 Å². The molecule has 0 radical (unpaired) electrons. The highest BCUT2D eigenvalue weighted by Crippen LogP contribution is 2.51. The molecule has 0 atom stereocenters. The van der Waals surface area contributed by atoms with Crippen molar-refractivity contribution in [2.24, 2.45) is 0 Å². The molecule has 40 heavy (non-hydrogen) atoms. The van der Waals surface area contributed by atoms with Crippen molar-refractivity contribution >= 4 is 23.9 Å². The smallest absolute Gasteiger partial charge is 0.420 e. The van der Waals surface area contributed by atoms with E-state index in [2.05, 4.69) is 0 Å². The van der Waals surface area contributed by atoms with E-state index < -0.39 is 92.6 Å². The molecule has 0 fully saturated rings. The number of carbonyl (C=O) groups is 4. The van der Waals surface area contributed by atoms with E-state index in [1.54, 1.807) is 0 Å². The van der Waals surface area contributed by atoms with Crippen molar-refractivity contribution in [3.8, 4) is 23.0 Å². The molecule has 10 nitrogen and oxygen atoms in total. The third kappa shape index (κ3) is 6.06. The molecule has 0 unspecified atom stereocenters. The monoisotopic (exact) mass is 574 g/mol. The van der Waals surface area contributed by atoms with Gasteiger partial charge in [-0.1, -0.05) is 0 Å². The molecule has 0 bridgehead atoms. The van der Waals surface area contributed by atoms with E-state index in [1.165, 1.54) is 0 Å². The first-order valence-electron chi connectivity index (χ1n) is 10.3. The summed E-state index contributed by atoms with van der Waals surface area (Å²) in [7, 11) is 0.